The summed E-state index contributed by atoms with van der Waals surface area (Å²) in [7, 11) is 0. The first-order valence-electron chi connectivity index (χ1n) is 7.04. The number of aromatic nitrogens is 2. The molecular formula is C17H23N3. The zero-order chi connectivity index (χ0) is 15.1. The maximum absolute atomic E-state index is 9.03. The first kappa shape index (κ1) is 14.6. The van der Waals surface area contributed by atoms with E-state index in [1.54, 1.807) is 0 Å². The molecule has 0 unspecified atom stereocenters. The molecule has 1 aromatic carbocycles. The molecule has 0 aliphatic carbocycles. The van der Waals surface area contributed by atoms with Gasteiger partial charge >= 0.3 is 0 Å². The molecule has 0 aliphatic heterocycles. The lowest BCUT2D eigenvalue weighted by Crippen LogP contribution is -2.26. The van der Waals surface area contributed by atoms with Crippen LogP contribution in [0.15, 0.2) is 18.2 Å². The van der Waals surface area contributed by atoms with E-state index in [9.17, 15) is 0 Å². The van der Waals surface area contributed by atoms with E-state index < -0.39 is 0 Å². The van der Waals surface area contributed by atoms with Crippen LogP contribution in [-0.4, -0.2) is 9.55 Å². The minimum absolute atomic E-state index is 0.0243. The lowest BCUT2D eigenvalue weighted by molar-refractivity contribution is 0.349. The van der Waals surface area contributed by atoms with E-state index in [1.165, 1.54) is 0 Å². The Morgan fingerprint density at radius 2 is 1.80 bits per heavy atom. The van der Waals surface area contributed by atoms with Gasteiger partial charge in [-0.05, 0) is 44.4 Å². The van der Waals surface area contributed by atoms with Crippen molar-refractivity contribution in [2.24, 2.45) is 5.41 Å². The Morgan fingerprint density at radius 3 is 2.30 bits per heavy atom. The van der Waals surface area contributed by atoms with Crippen molar-refractivity contribution < 1.29 is 0 Å². The molecule has 0 bridgehead atoms. The van der Waals surface area contributed by atoms with Gasteiger partial charge in [0.1, 0.15) is 5.82 Å². The molecule has 106 valence electrons. The number of hydrogen-bond donors (Lipinski definition) is 0. The van der Waals surface area contributed by atoms with Gasteiger partial charge in [0.05, 0.1) is 22.7 Å². The van der Waals surface area contributed by atoms with Gasteiger partial charge in [0.15, 0.2) is 0 Å². The molecular weight excluding hydrogens is 246 g/mol. The zero-order valence-corrected chi connectivity index (χ0v) is 13.3. The molecule has 0 saturated carbocycles. The van der Waals surface area contributed by atoms with Crippen LogP contribution in [0.1, 0.15) is 52.9 Å². The lowest BCUT2D eigenvalue weighted by Gasteiger charge is -2.27. The Kier molecular flexibility index (Phi) is 3.37. The summed E-state index contributed by atoms with van der Waals surface area (Å²) >= 11 is 0. The first-order valence-corrected chi connectivity index (χ1v) is 7.04. The highest BCUT2D eigenvalue weighted by Crippen LogP contribution is 2.29. The third-order valence-electron chi connectivity index (χ3n) is 3.21. The second kappa shape index (κ2) is 4.63. The molecule has 0 N–H and O–H groups in total. The van der Waals surface area contributed by atoms with E-state index in [0.29, 0.717) is 5.56 Å². The van der Waals surface area contributed by atoms with E-state index in [4.69, 9.17) is 10.2 Å². The first-order chi connectivity index (χ1) is 9.12. The lowest BCUT2D eigenvalue weighted by atomic mass is 9.91. The molecule has 3 nitrogen and oxygen atoms in total. The van der Waals surface area contributed by atoms with Gasteiger partial charge in [-0.25, -0.2) is 4.98 Å². The van der Waals surface area contributed by atoms with Crippen molar-refractivity contribution in [1.82, 2.24) is 9.55 Å². The minimum Gasteiger partial charge on any atom is -0.323 e. The number of imidazole rings is 1. The second-order valence-electron chi connectivity index (χ2n) is 7.59. The maximum Gasteiger partial charge on any atom is 0.110 e. The SMILES string of the molecule is CC(C)(C)Cc1nc2cc(C#N)ccc2n1C(C)(C)C. The fraction of sp³-hybridized carbons (Fsp3) is 0.529. The van der Waals surface area contributed by atoms with Gasteiger partial charge in [0.2, 0.25) is 0 Å². The van der Waals surface area contributed by atoms with E-state index in [0.717, 1.165) is 23.3 Å². The van der Waals surface area contributed by atoms with Crippen molar-refractivity contribution >= 4 is 11.0 Å². The monoisotopic (exact) mass is 269 g/mol. The van der Waals surface area contributed by atoms with Crippen LogP contribution in [0.2, 0.25) is 0 Å². The number of benzene rings is 1. The summed E-state index contributed by atoms with van der Waals surface area (Å²) in [5.74, 6) is 1.09. The van der Waals surface area contributed by atoms with Gasteiger partial charge < -0.3 is 4.57 Å². The van der Waals surface area contributed by atoms with Gasteiger partial charge in [-0.1, -0.05) is 20.8 Å². The van der Waals surface area contributed by atoms with E-state index in [1.807, 2.05) is 18.2 Å². The summed E-state index contributed by atoms with van der Waals surface area (Å²) in [6.07, 6.45) is 0.917. The predicted molar refractivity (Wildman–Crippen MR) is 82.6 cm³/mol. The molecule has 1 heterocycles. The average Bonchev–Trinajstić information content (AvgIpc) is 2.62. The minimum atomic E-state index is -0.0243. The summed E-state index contributed by atoms with van der Waals surface area (Å²) in [5.41, 5.74) is 2.85. The molecule has 3 heteroatoms. The van der Waals surface area contributed by atoms with E-state index in [-0.39, 0.29) is 11.0 Å². The van der Waals surface area contributed by atoms with Gasteiger partial charge in [-0.15, -0.1) is 0 Å². The highest BCUT2D eigenvalue weighted by atomic mass is 15.1. The van der Waals surface area contributed by atoms with Crippen molar-refractivity contribution in [3.05, 3.63) is 29.6 Å². The highest BCUT2D eigenvalue weighted by Gasteiger charge is 2.24. The Hall–Kier alpha value is -1.82. The van der Waals surface area contributed by atoms with Crippen LogP contribution in [0.3, 0.4) is 0 Å². The molecule has 0 fully saturated rings. The zero-order valence-electron chi connectivity index (χ0n) is 13.3. The Labute approximate surface area is 121 Å². The van der Waals surface area contributed by atoms with Crippen LogP contribution in [0.4, 0.5) is 0 Å². The van der Waals surface area contributed by atoms with Gasteiger partial charge in [0.25, 0.3) is 0 Å². The average molecular weight is 269 g/mol. The normalized spacial score (nSPS) is 12.7. The molecule has 0 radical (unpaired) electrons. The number of nitrogens with zero attached hydrogens (tertiary/aromatic N) is 3. The molecule has 0 aliphatic rings. The smallest absolute Gasteiger partial charge is 0.110 e. The fourth-order valence-corrected chi connectivity index (χ4v) is 2.54. The standard InChI is InChI=1S/C17H23N3/c1-16(2,3)10-15-19-13-9-12(11-18)7-8-14(13)20(15)17(4,5)6/h7-9H,10H2,1-6H3. The van der Waals surface area contributed by atoms with Crippen molar-refractivity contribution in [2.45, 2.75) is 53.5 Å². The highest BCUT2D eigenvalue weighted by molar-refractivity contribution is 5.78. The van der Waals surface area contributed by atoms with Gasteiger partial charge in [-0.3, -0.25) is 0 Å². The maximum atomic E-state index is 9.03. The summed E-state index contributed by atoms with van der Waals surface area (Å²) in [6, 6.07) is 7.94. The van der Waals surface area contributed by atoms with Crippen molar-refractivity contribution in [1.29, 1.82) is 5.26 Å². The quantitative estimate of drug-likeness (QED) is 0.776. The summed E-state index contributed by atoms with van der Waals surface area (Å²) < 4.78 is 2.30. The Balaban J connectivity index is 2.70. The van der Waals surface area contributed by atoms with Crippen molar-refractivity contribution in [2.75, 3.05) is 0 Å². The molecule has 0 amide bonds. The van der Waals surface area contributed by atoms with Crippen LogP contribution in [0, 0.1) is 16.7 Å². The molecule has 2 rings (SSSR count). The summed E-state index contributed by atoms with van der Waals surface area (Å²) in [5, 5.41) is 9.03. The van der Waals surface area contributed by atoms with E-state index >= 15 is 0 Å². The van der Waals surface area contributed by atoms with Gasteiger partial charge in [0, 0.05) is 12.0 Å². The van der Waals surface area contributed by atoms with Crippen LogP contribution >= 0.6 is 0 Å². The van der Waals surface area contributed by atoms with Crippen LogP contribution < -0.4 is 0 Å². The second-order valence-corrected chi connectivity index (χ2v) is 7.59. The van der Waals surface area contributed by atoms with Crippen molar-refractivity contribution in [3.8, 4) is 6.07 Å². The molecule has 0 saturated heterocycles. The molecule has 20 heavy (non-hydrogen) atoms. The number of fused-ring (bicyclic) bond motifs is 1. The summed E-state index contributed by atoms with van der Waals surface area (Å²) in [6.45, 7) is 13.2. The Morgan fingerprint density at radius 1 is 1.15 bits per heavy atom. The molecule has 0 spiro atoms. The number of hydrogen-bond acceptors (Lipinski definition) is 2. The number of rotatable bonds is 1. The molecule has 1 aromatic heterocycles. The van der Waals surface area contributed by atoms with Crippen LogP contribution in [0.25, 0.3) is 11.0 Å². The Bertz CT molecular complexity index is 673. The largest absolute Gasteiger partial charge is 0.323 e. The number of nitriles is 1. The van der Waals surface area contributed by atoms with Crippen LogP contribution in [0.5, 0.6) is 0 Å². The predicted octanol–water partition coefficient (Wildman–Crippen LogP) is 4.25. The van der Waals surface area contributed by atoms with Crippen LogP contribution in [-0.2, 0) is 12.0 Å². The molecule has 2 aromatic rings. The van der Waals surface area contributed by atoms with Crippen molar-refractivity contribution in [3.63, 3.8) is 0 Å². The third kappa shape index (κ3) is 2.85. The summed E-state index contributed by atoms with van der Waals surface area (Å²) in [4.78, 5) is 4.78. The third-order valence-corrected chi connectivity index (χ3v) is 3.21. The molecule has 0 atom stereocenters. The fourth-order valence-electron chi connectivity index (χ4n) is 2.54. The van der Waals surface area contributed by atoms with Gasteiger partial charge in [-0.2, -0.15) is 5.26 Å². The van der Waals surface area contributed by atoms with E-state index in [2.05, 4.69) is 52.2 Å². The topological polar surface area (TPSA) is 41.6 Å².